The summed E-state index contributed by atoms with van der Waals surface area (Å²) in [6, 6.07) is 9.37. The van der Waals surface area contributed by atoms with Gasteiger partial charge in [0.25, 0.3) is 11.8 Å². The number of anilines is 1. The number of hydrogen-bond acceptors (Lipinski definition) is 3. The Morgan fingerprint density at radius 3 is 2.65 bits per heavy atom. The lowest BCUT2D eigenvalue weighted by Crippen LogP contribution is -2.17. The number of amides is 2. The summed E-state index contributed by atoms with van der Waals surface area (Å²) in [5.41, 5.74) is 4.64. The first-order chi connectivity index (χ1) is 12.5. The molecule has 0 fully saturated rings. The average Bonchev–Trinajstić information content (AvgIpc) is 3.26. The minimum atomic E-state index is -0.265. The lowest BCUT2D eigenvalue weighted by atomic mass is 10.1. The third-order valence-corrected chi connectivity index (χ3v) is 4.69. The smallest absolute Gasteiger partial charge is 0.261 e. The molecule has 7 heteroatoms. The molecule has 3 aromatic rings. The monoisotopic (exact) mass is 349 g/mol. The van der Waals surface area contributed by atoms with Crippen LogP contribution < -0.4 is 10.6 Å². The Morgan fingerprint density at radius 2 is 1.92 bits per heavy atom. The number of benzene rings is 1. The van der Waals surface area contributed by atoms with Gasteiger partial charge in [0.05, 0.1) is 6.20 Å². The fraction of sp³-hybridized carbons (Fsp3) is 0.211. The van der Waals surface area contributed by atoms with Crippen LogP contribution in [0.5, 0.6) is 0 Å². The van der Waals surface area contributed by atoms with Gasteiger partial charge < -0.3 is 15.2 Å². The molecule has 7 nitrogen and oxygen atoms in total. The lowest BCUT2D eigenvalue weighted by Gasteiger charge is -2.13. The van der Waals surface area contributed by atoms with E-state index in [0.717, 1.165) is 17.0 Å². The van der Waals surface area contributed by atoms with Crippen LogP contribution in [0.2, 0.25) is 0 Å². The molecule has 0 spiro atoms. The molecule has 1 aliphatic heterocycles. The van der Waals surface area contributed by atoms with E-state index in [-0.39, 0.29) is 11.8 Å². The van der Waals surface area contributed by atoms with Crippen molar-refractivity contribution in [3.63, 3.8) is 0 Å². The molecule has 0 atom stereocenters. The molecule has 4 rings (SSSR count). The molecule has 26 heavy (non-hydrogen) atoms. The number of nitrogens with one attached hydrogen (secondary N) is 2. The van der Waals surface area contributed by atoms with E-state index in [1.165, 1.54) is 0 Å². The quantitative estimate of drug-likeness (QED) is 0.761. The standard InChI is InChI=1S/C19H19N5O2/c1-11-4-5-12(2)24(11)19-16(10-21-23(19)3)18(26)22-14-7-6-13-9-20-17(25)15(13)8-14/h4-8,10H,9H2,1-3H3,(H,20,25)(H,22,26). The second-order valence-corrected chi connectivity index (χ2v) is 6.47. The van der Waals surface area contributed by atoms with Crippen molar-refractivity contribution in [1.29, 1.82) is 0 Å². The molecule has 0 aliphatic carbocycles. The molecular formula is C19H19N5O2. The Balaban J connectivity index is 1.69. The van der Waals surface area contributed by atoms with E-state index in [2.05, 4.69) is 15.7 Å². The zero-order valence-electron chi connectivity index (χ0n) is 14.8. The fourth-order valence-corrected chi connectivity index (χ4v) is 3.35. The first kappa shape index (κ1) is 16.1. The van der Waals surface area contributed by atoms with Crippen LogP contribution in [0.25, 0.3) is 5.82 Å². The third kappa shape index (κ3) is 2.48. The second-order valence-electron chi connectivity index (χ2n) is 6.47. The van der Waals surface area contributed by atoms with Crippen LogP contribution in [0.15, 0.2) is 36.5 Å². The van der Waals surface area contributed by atoms with Gasteiger partial charge in [-0.2, -0.15) is 5.10 Å². The molecule has 2 N–H and O–H groups in total. The first-order valence-corrected chi connectivity index (χ1v) is 8.35. The van der Waals surface area contributed by atoms with E-state index in [9.17, 15) is 9.59 Å². The van der Waals surface area contributed by atoms with E-state index in [1.54, 1.807) is 23.0 Å². The Bertz CT molecular complexity index is 1020. The summed E-state index contributed by atoms with van der Waals surface area (Å²) in [6.45, 7) is 4.50. The number of fused-ring (bicyclic) bond motifs is 1. The minimum Gasteiger partial charge on any atom is -0.348 e. The summed E-state index contributed by atoms with van der Waals surface area (Å²) in [4.78, 5) is 24.7. The highest BCUT2D eigenvalue weighted by molar-refractivity contribution is 6.07. The molecule has 0 saturated carbocycles. The van der Waals surface area contributed by atoms with Crippen molar-refractivity contribution in [3.8, 4) is 5.82 Å². The van der Waals surface area contributed by atoms with Crippen LogP contribution in [0.3, 0.4) is 0 Å². The highest BCUT2D eigenvalue weighted by atomic mass is 16.2. The molecule has 0 unspecified atom stereocenters. The molecular weight excluding hydrogens is 330 g/mol. The first-order valence-electron chi connectivity index (χ1n) is 8.35. The normalized spacial score (nSPS) is 12.8. The van der Waals surface area contributed by atoms with Gasteiger partial charge in [-0.3, -0.25) is 14.3 Å². The molecule has 1 aromatic carbocycles. The highest BCUT2D eigenvalue weighted by Crippen LogP contribution is 2.23. The third-order valence-electron chi connectivity index (χ3n) is 4.69. The van der Waals surface area contributed by atoms with Gasteiger partial charge in [-0.15, -0.1) is 0 Å². The van der Waals surface area contributed by atoms with Crippen molar-refractivity contribution in [1.82, 2.24) is 19.7 Å². The van der Waals surface area contributed by atoms with Gasteiger partial charge in [-0.05, 0) is 43.7 Å². The van der Waals surface area contributed by atoms with E-state index < -0.39 is 0 Å². The van der Waals surface area contributed by atoms with Crippen molar-refractivity contribution in [3.05, 3.63) is 64.6 Å². The summed E-state index contributed by atoms with van der Waals surface area (Å²) < 4.78 is 3.68. The number of nitrogens with zero attached hydrogens (tertiary/aromatic N) is 3. The van der Waals surface area contributed by atoms with Gasteiger partial charge in [-0.1, -0.05) is 6.07 Å². The van der Waals surface area contributed by atoms with Crippen LogP contribution in [-0.4, -0.2) is 26.2 Å². The van der Waals surface area contributed by atoms with Crippen LogP contribution in [0, 0.1) is 13.8 Å². The largest absolute Gasteiger partial charge is 0.348 e. The molecule has 0 bridgehead atoms. The van der Waals surface area contributed by atoms with Crippen molar-refractivity contribution < 1.29 is 9.59 Å². The summed E-state index contributed by atoms with van der Waals surface area (Å²) in [5.74, 6) is 0.331. The SMILES string of the molecule is Cc1ccc(C)n1-c1c(C(=O)Nc2ccc3c(c2)C(=O)NC3)cnn1C. The summed E-state index contributed by atoms with van der Waals surface area (Å²) in [5, 5.41) is 9.91. The maximum Gasteiger partial charge on any atom is 0.261 e. The average molecular weight is 349 g/mol. The number of rotatable bonds is 3. The molecule has 2 aromatic heterocycles. The zero-order chi connectivity index (χ0) is 18.4. The highest BCUT2D eigenvalue weighted by Gasteiger charge is 2.22. The predicted octanol–water partition coefficient (Wildman–Crippen LogP) is 2.32. The van der Waals surface area contributed by atoms with Gasteiger partial charge >= 0.3 is 0 Å². The van der Waals surface area contributed by atoms with Gasteiger partial charge in [0, 0.05) is 36.2 Å². The molecule has 2 amide bonds. The molecule has 0 saturated heterocycles. The Labute approximate surface area is 150 Å². The summed E-state index contributed by atoms with van der Waals surface area (Å²) >= 11 is 0. The van der Waals surface area contributed by atoms with Crippen molar-refractivity contribution in [2.24, 2.45) is 7.05 Å². The molecule has 132 valence electrons. The molecule has 0 radical (unpaired) electrons. The number of carbonyl (C=O) groups excluding carboxylic acids is 2. The van der Waals surface area contributed by atoms with E-state index >= 15 is 0 Å². The van der Waals surface area contributed by atoms with E-state index in [0.29, 0.717) is 29.2 Å². The van der Waals surface area contributed by atoms with Crippen LogP contribution >= 0.6 is 0 Å². The van der Waals surface area contributed by atoms with Crippen molar-refractivity contribution in [2.75, 3.05) is 5.32 Å². The van der Waals surface area contributed by atoms with Gasteiger partial charge in [0.2, 0.25) is 0 Å². The predicted molar refractivity (Wildman–Crippen MR) is 97.6 cm³/mol. The van der Waals surface area contributed by atoms with Crippen LogP contribution in [-0.2, 0) is 13.6 Å². The van der Waals surface area contributed by atoms with Gasteiger partial charge in [0.15, 0.2) is 0 Å². The zero-order valence-corrected chi connectivity index (χ0v) is 14.8. The number of hydrogen-bond donors (Lipinski definition) is 2. The topological polar surface area (TPSA) is 81.0 Å². The Morgan fingerprint density at radius 1 is 1.19 bits per heavy atom. The maximum atomic E-state index is 12.9. The maximum absolute atomic E-state index is 12.9. The second kappa shape index (κ2) is 5.87. The number of carbonyl (C=O) groups is 2. The Hall–Kier alpha value is -3.35. The number of aryl methyl sites for hydroxylation is 3. The Kier molecular flexibility index (Phi) is 3.64. The number of aromatic nitrogens is 3. The molecule has 3 heterocycles. The van der Waals surface area contributed by atoms with E-state index in [4.69, 9.17) is 0 Å². The minimum absolute atomic E-state index is 0.114. The van der Waals surface area contributed by atoms with E-state index in [1.807, 2.05) is 43.7 Å². The van der Waals surface area contributed by atoms with Crippen molar-refractivity contribution in [2.45, 2.75) is 20.4 Å². The lowest BCUT2D eigenvalue weighted by molar-refractivity contribution is 0.0964. The fourth-order valence-electron chi connectivity index (χ4n) is 3.35. The van der Waals surface area contributed by atoms with Crippen LogP contribution in [0.4, 0.5) is 5.69 Å². The van der Waals surface area contributed by atoms with Gasteiger partial charge in [-0.25, -0.2) is 0 Å². The molecule has 1 aliphatic rings. The summed E-state index contributed by atoms with van der Waals surface area (Å²) in [7, 11) is 1.81. The van der Waals surface area contributed by atoms with Gasteiger partial charge in [0.1, 0.15) is 11.4 Å². The van der Waals surface area contributed by atoms with Crippen LogP contribution in [0.1, 0.15) is 37.7 Å². The summed E-state index contributed by atoms with van der Waals surface area (Å²) in [6.07, 6.45) is 1.56. The van der Waals surface area contributed by atoms with Crippen molar-refractivity contribution >= 4 is 17.5 Å².